The van der Waals surface area contributed by atoms with Gasteiger partial charge in [0.15, 0.2) is 0 Å². The number of nitrogens with two attached hydrogens (primary N) is 1. The molecule has 178 valence electrons. The third-order valence-electron chi connectivity index (χ3n) is 6.27. The highest BCUT2D eigenvalue weighted by atomic mass is 32.2. The predicted octanol–water partition coefficient (Wildman–Crippen LogP) is 1.41. The van der Waals surface area contributed by atoms with Gasteiger partial charge in [0, 0.05) is 49.7 Å². The molecule has 2 aliphatic rings. The quantitative estimate of drug-likeness (QED) is 0.631. The van der Waals surface area contributed by atoms with Crippen molar-refractivity contribution >= 4 is 38.2 Å². The Morgan fingerprint density at radius 3 is 2.36 bits per heavy atom. The van der Waals surface area contributed by atoms with Gasteiger partial charge in [0.1, 0.15) is 5.00 Å². The Labute approximate surface area is 198 Å². The molecule has 1 aromatic carbocycles. The van der Waals surface area contributed by atoms with Gasteiger partial charge < -0.3 is 16.0 Å². The summed E-state index contributed by atoms with van der Waals surface area (Å²) in [7, 11) is -1.64. The maximum absolute atomic E-state index is 12.9. The molecule has 0 aliphatic carbocycles. The number of anilines is 1. The zero-order valence-electron chi connectivity index (χ0n) is 18.8. The molecule has 0 radical (unpaired) electrons. The van der Waals surface area contributed by atoms with Crippen LogP contribution in [0.5, 0.6) is 0 Å². The van der Waals surface area contributed by atoms with E-state index in [1.54, 1.807) is 0 Å². The largest absolute Gasteiger partial charge is 0.365 e. The van der Waals surface area contributed by atoms with Gasteiger partial charge in [-0.15, -0.1) is 11.3 Å². The molecular formula is C22H29N5O4S2. The van der Waals surface area contributed by atoms with E-state index in [1.165, 1.54) is 39.9 Å². The number of benzene rings is 1. The fourth-order valence-corrected chi connectivity index (χ4v) is 6.92. The van der Waals surface area contributed by atoms with Crippen LogP contribution in [0.4, 0.5) is 5.00 Å². The van der Waals surface area contributed by atoms with Gasteiger partial charge in [0.05, 0.1) is 10.5 Å². The molecule has 2 aromatic rings. The Morgan fingerprint density at radius 2 is 1.76 bits per heavy atom. The van der Waals surface area contributed by atoms with E-state index in [-0.39, 0.29) is 4.90 Å². The second-order valence-electron chi connectivity index (χ2n) is 8.38. The molecule has 3 heterocycles. The number of thiophene rings is 1. The lowest BCUT2D eigenvalue weighted by atomic mass is 10.0. The molecule has 1 saturated heterocycles. The average molecular weight is 492 g/mol. The zero-order valence-corrected chi connectivity index (χ0v) is 20.5. The summed E-state index contributed by atoms with van der Waals surface area (Å²) in [6.07, 6.45) is 0.715. The lowest BCUT2D eigenvalue weighted by Crippen LogP contribution is -2.47. The first-order valence-corrected chi connectivity index (χ1v) is 13.2. The van der Waals surface area contributed by atoms with E-state index in [1.807, 2.05) is 7.05 Å². The number of piperazine rings is 1. The monoisotopic (exact) mass is 491 g/mol. The third-order valence-corrected chi connectivity index (χ3v) is 9.32. The second-order valence-corrected chi connectivity index (χ2v) is 11.4. The molecule has 0 spiro atoms. The Morgan fingerprint density at radius 1 is 1.09 bits per heavy atom. The van der Waals surface area contributed by atoms with E-state index in [9.17, 15) is 18.0 Å². The van der Waals surface area contributed by atoms with Crippen LogP contribution in [0.3, 0.4) is 0 Å². The summed E-state index contributed by atoms with van der Waals surface area (Å²) in [6, 6.07) is 5.90. The molecule has 11 heteroatoms. The number of amides is 2. The van der Waals surface area contributed by atoms with E-state index < -0.39 is 21.8 Å². The van der Waals surface area contributed by atoms with Crippen LogP contribution < -0.4 is 11.1 Å². The summed E-state index contributed by atoms with van der Waals surface area (Å²) in [5, 5.41) is 3.27. The van der Waals surface area contributed by atoms with E-state index in [0.717, 1.165) is 30.1 Å². The van der Waals surface area contributed by atoms with Crippen LogP contribution in [-0.4, -0.2) is 80.7 Å². The first-order valence-electron chi connectivity index (χ1n) is 11.0. The molecule has 2 aliphatic heterocycles. The summed E-state index contributed by atoms with van der Waals surface area (Å²) < 4.78 is 27.3. The molecule has 0 bridgehead atoms. The van der Waals surface area contributed by atoms with Crippen LogP contribution >= 0.6 is 11.3 Å². The number of fused-ring (bicyclic) bond motifs is 1. The first-order chi connectivity index (χ1) is 15.7. The minimum Gasteiger partial charge on any atom is -0.365 e. The SMILES string of the molecule is CCN1CCc2c(sc(NC(=O)c3ccc(S(=O)(=O)N4CCN(C)CC4)cc3)c2C(N)=O)C1. The molecule has 4 rings (SSSR count). The molecule has 33 heavy (non-hydrogen) atoms. The highest BCUT2D eigenvalue weighted by molar-refractivity contribution is 7.89. The summed E-state index contributed by atoms with van der Waals surface area (Å²) >= 11 is 1.38. The van der Waals surface area contributed by atoms with Crippen molar-refractivity contribution in [3.8, 4) is 0 Å². The number of nitrogens with one attached hydrogen (secondary N) is 1. The summed E-state index contributed by atoms with van der Waals surface area (Å²) in [6.45, 7) is 6.82. The van der Waals surface area contributed by atoms with Crippen LogP contribution in [-0.2, 0) is 23.0 Å². The lowest BCUT2D eigenvalue weighted by molar-refractivity contribution is 0.1000. The Hall–Kier alpha value is -2.31. The molecule has 2 amide bonds. The maximum atomic E-state index is 12.9. The van der Waals surface area contributed by atoms with Crippen molar-refractivity contribution in [2.45, 2.75) is 24.8 Å². The first kappa shape index (κ1) is 23.8. The Kier molecular flexibility index (Phi) is 6.87. The number of primary amides is 1. The van der Waals surface area contributed by atoms with E-state index in [0.29, 0.717) is 48.7 Å². The molecule has 3 N–H and O–H groups in total. The maximum Gasteiger partial charge on any atom is 0.256 e. The number of carbonyl (C=O) groups is 2. The van der Waals surface area contributed by atoms with E-state index >= 15 is 0 Å². The van der Waals surface area contributed by atoms with Gasteiger partial charge in [-0.25, -0.2) is 8.42 Å². The van der Waals surface area contributed by atoms with Crippen LogP contribution in [0.1, 0.15) is 38.1 Å². The molecule has 0 atom stereocenters. The normalized spacial score (nSPS) is 18.1. The van der Waals surface area contributed by atoms with Gasteiger partial charge in [-0.05, 0) is 49.8 Å². The highest BCUT2D eigenvalue weighted by Gasteiger charge is 2.29. The minimum atomic E-state index is -3.60. The van der Waals surface area contributed by atoms with Crippen molar-refractivity contribution < 1.29 is 18.0 Å². The van der Waals surface area contributed by atoms with Crippen molar-refractivity contribution in [3.63, 3.8) is 0 Å². The van der Waals surface area contributed by atoms with Crippen LogP contribution in [0.15, 0.2) is 29.2 Å². The third kappa shape index (κ3) is 4.82. The predicted molar refractivity (Wildman–Crippen MR) is 128 cm³/mol. The van der Waals surface area contributed by atoms with Gasteiger partial charge >= 0.3 is 0 Å². The van der Waals surface area contributed by atoms with E-state index in [2.05, 4.69) is 22.0 Å². The number of hydrogen-bond acceptors (Lipinski definition) is 7. The Bertz CT molecular complexity index is 1150. The lowest BCUT2D eigenvalue weighted by Gasteiger charge is -2.31. The van der Waals surface area contributed by atoms with Gasteiger partial charge in [-0.1, -0.05) is 6.92 Å². The minimum absolute atomic E-state index is 0.160. The standard InChI is InChI=1S/C22H29N5O4S2/c1-3-26-9-8-17-18(14-26)32-22(19(17)20(23)28)24-21(29)15-4-6-16(7-5-15)33(30,31)27-12-10-25(2)11-13-27/h4-7H,3,8-14H2,1-2H3,(H2,23,28)(H,24,29). The number of carbonyl (C=O) groups excluding carboxylic acids is 2. The van der Waals surface area contributed by atoms with Crippen LogP contribution in [0, 0.1) is 0 Å². The summed E-state index contributed by atoms with van der Waals surface area (Å²) in [4.78, 5) is 30.6. The van der Waals surface area contributed by atoms with Crippen molar-refractivity contribution in [1.29, 1.82) is 0 Å². The Balaban J connectivity index is 1.52. The van der Waals surface area contributed by atoms with Crippen molar-refractivity contribution in [3.05, 3.63) is 45.8 Å². The number of sulfonamides is 1. The smallest absolute Gasteiger partial charge is 0.256 e. The molecule has 9 nitrogen and oxygen atoms in total. The van der Waals surface area contributed by atoms with Gasteiger partial charge in [0.25, 0.3) is 11.8 Å². The summed E-state index contributed by atoms with van der Waals surface area (Å²) in [5.41, 5.74) is 7.25. The van der Waals surface area contributed by atoms with Crippen LogP contribution in [0.2, 0.25) is 0 Å². The van der Waals surface area contributed by atoms with Gasteiger partial charge in [-0.2, -0.15) is 4.31 Å². The number of nitrogens with zero attached hydrogens (tertiary/aromatic N) is 3. The van der Waals surface area contributed by atoms with E-state index in [4.69, 9.17) is 5.73 Å². The molecule has 1 fully saturated rings. The number of rotatable bonds is 6. The van der Waals surface area contributed by atoms with Gasteiger partial charge in [-0.3, -0.25) is 14.5 Å². The van der Waals surface area contributed by atoms with Crippen molar-refractivity contribution in [2.24, 2.45) is 5.73 Å². The number of hydrogen-bond donors (Lipinski definition) is 2. The molecular weight excluding hydrogens is 462 g/mol. The summed E-state index contributed by atoms with van der Waals surface area (Å²) in [5.74, 6) is -0.964. The molecule has 0 saturated carbocycles. The molecule has 1 aromatic heterocycles. The fourth-order valence-electron chi connectivity index (χ4n) is 4.21. The van der Waals surface area contributed by atoms with Gasteiger partial charge in [0.2, 0.25) is 10.0 Å². The van der Waals surface area contributed by atoms with Crippen molar-refractivity contribution in [1.82, 2.24) is 14.1 Å². The second kappa shape index (κ2) is 9.51. The van der Waals surface area contributed by atoms with Crippen LogP contribution in [0.25, 0.3) is 0 Å². The fraction of sp³-hybridized carbons (Fsp3) is 0.455. The average Bonchev–Trinajstić information content (AvgIpc) is 3.16. The van der Waals surface area contributed by atoms with Crippen molar-refractivity contribution in [2.75, 3.05) is 51.6 Å². The highest BCUT2D eigenvalue weighted by Crippen LogP contribution is 2.37. The molecule has 0 unspecified atom stereocenters. The number of likely N-dealkylation sites (N-methyl/N-ethyl adjacent to an activating group) is 2. The topological polar surface area (TPSA) is 116 Å². The zero-order chi connectivity index (χ0) is 23.8.